The molecule has 1 aliphatic rings. The summed E-state index contributed by atoms with van der Waals surface area (Å²) in [5.74, 6) is 2.88. The third-order valence-electron chi connectivity index (χ3n) is 6.61. The van der Waals surface area contributed by atoms with Gasteiger partial charge in [0.25, 0.3) is 0 Å². The largest absolute Gasteiger partial charge is 0.497 e. The fraction of sp³-hybridized carbons (Fsp3) is 0.333. The van der Waals surface area contributed by atoms with Crippen LogP contribution in [-0.2, 0) is 12.8 Å². The van der Waals surface area contributed by atoms with Gasteiger partial charge in [0.05, 0.1) is 14.2 Å². The molecule has 3 unspecified atom stereocenters. The van der Waals surface area contributed by atoms with Crippen LogP contribution in [0.4, 0.5) is 4.39 Å². The number of halogens is 1. The monoisotopic (exact) mass is 404 g/mol. The summed E-state index contributed by atoms with van der Waals surface area (Å²) in [5.41, 5.74) is 5.28. The number of benzene rings is 3. The van der Waals surface area contributed by atoms with E-state index >= 15 is 0 Å². The smallest absolute Gasteiger partial charge is 0.123 e. The Labute approximate surface area is 178 Å². The third-order valence-corrected chi connectivity index (χ3v) is 6.61. The Kier molecular flexibility index (Phi) is 6.08. The second-order valence-electron chi connectivity index (χ2n) is 8.16. The van der Waals surface area contributed by atoms with Crippen LogP contribution in [0.1, 0.15) is 47.4 Å². The fourth-order valence-electron chi connectivity index (χ4n) is 5.05. The number of methoxy groups -OCH3 is 2. The van der Waals surface area contributed by atoms with Crippen molar-refractivity contribution >= 4 is 0 Å². The average molecular weight is 405 g/mol. The van der Waals surface area contributed by atoms with Crippen LogP contribution < -0.4 is 9.47 Å². The van der Waals surface area contributed by atoms with Crippen LogP contribution in [0.25, 0.3) is 0 Å². The van der Waals surface area contributed by atoms with Gasteiger partial charge in [0.1, 0.15) is 17.3 Å². The topological polar surface area (TPSA) is 18.5 Å². The molecule has 0 aromatic heterocycles. The number of hydrogen-bond donors (Lipinski definition) is 0. The lowest BCUT2D eigenvalue weighted by Crippen LogP contribution is -2.29. The molecular formula is C27H29FO2. The summed E-state index contributed by atoms with van der Waals surface area (Å²) in [7, 11) is 3.42. The van der Waals surface area contributed by atoms with Crippen molar-refractivity contribution in [3.63, 3.8) is 0 Å². The van der Waals surface area contributed by atoms with E-state index in [1.54, 1.807) is 26.4 Å². The van der Waals surface area contributed by atoms with Gasteiger partial charge in [-0.05, 0) is 89.2 Å². The summed E-state index contributed by atoms with van der Waals surface area (Å²) in [4.78, 5) is 0. The Hall–Kier alpha value is -2.81. The summed E-state index contributed by atoms with van der Waals surface area (Å²) < 4.78 is 24.4. The van der Waals surface area contributed by atoms with Crippen molar-refractivity contribution in [3.05, 3.63) is 94.8 Å². The highest BCUT2D eigenvalue weighted by molar-refractivity contribution is 5.44. The number of ether oxygens (including phenoxy) is 2. The highest BCUT2D eigenvalue weighted by Gasteiger charge is 2.36. The van der Waals surface area contributed by atoms with Crippen molar-refractivity contribution in [2.24, 2.45) is 5.92 Å². The predicted octanol–water partition coefficient (Wildman–Crippen LogP) is 6.54. The quantitative estimate of drug-likeness (QED) is 0.465. The van der Waals surface area contributed by atoms with E-state index < -0.39 is 0 Å². The van der Waals surface area contributed by atoms with E-state index in [0.29, 0.717) is 17.8 Å². The molecule has 0 bridgehead atoms. The first-order valence-corrected chi connectivity index (χ1v) is 10.7. The summed E-state index contributed by atoms with van der Waals surface area (Å²) in [6, 6.07) is 22.0. The van der Waals surface area contributed by atoms with Crippen LogP contribution in [0, 0.1) is 11.7 Å². The zero-order valence-electron chi connectivity index (χ0n) is 17.9. The molecule has 3 heteroatoms. The first kappa shape index (κ1) is 20.5. The molecule has 3 aromatic carbocycles. The van der Waals surface area contributed by atoms with Crippen molar-refractivity contribution in [3.8, 4) is 11.5 Å². The van der Waals surface area contributed by atoms with Crippen LogP contribution in [0.5, 0.6) is 11.5 Å². The molecule has 2 nitrogen and oxygen atoms in total. The zero-order chi connectivity index (χ0) is 21.1. The van der Waals surface area contributed by atoms with Gasteiger partial charge in [-0.15, -0.1) is 0 Å². The van der Waals surface area contributed by atoms with Crippen molar-refractivity contribution < 1.29 is 13.9 Å². The average Bonchev–Trinajstić information content (AvgIpc) is 2.80. The van der Waals surface area contributed by atoms with Crippen LogP contribution in [0.2, 0.25) is 0 Å². The molecule has 0 aliphatic heterocycles. The molecule has 0 spiro atoms. The van der Waals surface area contributed by atoms with Gasteiger partial charge in [-0.2, -0.15) is 0 Å². The molecular weight excluding hydrogens is 375 g/mol. The van der Waals surface area contributed by atoms with E-state index in [1.165, 1.54) is 22.3 Å². The van der Waals surface area contributed by atoms with Crippen LogP contribution in [0.15, 0.2) is 66.7 Å². The third kappa shape index (κ3) is 4.07. The molecule has 156 valence electrons. The lowest BCUT2D eigenvalue weighted by atomic mass is 9.64. The summed E-state index contributed by atoms with van der Waals surface area (Å²) in [6.07, 6.45) is 2.99. The van der Waals surface area contributed by atoms with Crippen molar-refractivity contribution in [2.75, 3.05) is 14.2 Å². The first-order chi connectivity index (χ1) is 14.6. The minimum atomic E-state index is -0.187. The van der Waals surface area contributed by atoms with Gasteiger partial charge in [-0.1, -0.05) is 43.7 Å². The lowest BCUT2D eigenvalue weighted by molar-refractivity contribution is 0.310. The van der Waals surface area contributed by atoms with Crippen molar-refractivity contribution in [1.29, 1.82) is 0 Å². The highest BCUT2D eigenvalue weighted by atomic mass is 19.1. The van der Waals surface area contributed by atoms with E-state index in [4.69, 9.17) is 9.47 Å². The SMILES string of the molecule is CCC1C(c2ccc(OC)cc2)Cc2ccc(OC)cc2C1Cc1ccc(F)cc1. The van der Waals surface area contributed by atoms with Gasteiger partial charge < -0.3 is 9.47 Å². The van der Waals surface area contributed by atoms with Crippen LogP contribution >= 0.6 is 0 Å². The van der Waals surface area contributed by atoms with Gasteiger partial charge in [-0.3, -0.25) is 0 Å². The van der Waals surface area contributed by atoms with Crippen LogP contribution in [0.3, 0.4) is 0 Å². The molecule has 0 saturated carbocycles. The van der Waals surface area contributed by atoms with E-state index in [2.05, 4.69) is 49.4 Å². The summed E-state index contributed by atoms with van der Waals surface area (Å²) in [6.45, 7) is 2.28. The molecule has 0 N–H and O–H groups in total. The molecule has 3 aromatic rings. The zero-order valence-corrected chi connectivity index (χ0v) is 17.9. The fourth-order valence-corrected chi connectivity index (χ4v) is 5.05. The molecule has 1 aliphatic carbocycles. The molecule has 0 radical (unpaired) electrons. The Balaban J connectivity index is 1.76. The Morgan fingerprint density at radius 2 is 1.53 bits per heavy atom. The van der Waals surface area contributed by atoms with Gasteiger partial charge in [0.15, 0.2) is 0 Å². The lowest BCUT2D eigenvalue weighted by Gasteiger charge is -2.40. The minimum absolute atomic E-state index is 0.187. The maximum absolute atomic E-state index is 13.5. The maximum atomic E-state index is 13.5. The maximum Gasteiger partial charge on any atom is 0.123 e. The molecule has 0 saturated heterocycles. The highest BCUT2D eigenvalue weighted by Crippen LogP contribution is 2.48. The Bertz CT molecular complexity index is 979. The van der Waals surface area contributed by atoms with E-state index in [9.17, 15) is 4.39 Å². The second kappa shape index (κ2) is 8.91. The van der Waals surface area contributed by atoms with Crippen molar-refractivity contribution in [2.45, 2.75) is 38.0 Å². The standard InChI is InChI=1S/C27H29FO2/c1-4-24-25(19-7-12-22(29-2)13-8-19)16-20-9-14-23(30-3)17-26(20)27(24)15-18-5-10-21(28)11-6-18/h5-14,17,24-25,27H,4,15-16H2,1-3H3. The molecule has 3 atom stereocenters. The molecule has 0 fully saturated rings. The Morgan fingerprint density at radius 3 is 2.17 bits per heavy atom. The van der Waals surface area contributed by atoms with Gasteiger partial charge in [0, 0.05) is 0 Å². The molecule has 0 amide bonds. The normalized spacial score (nSPS) is 20.5. The van der Waals surface area contributed by atoms with Gasteiger partial charge in [-0.25, -0.2) is 4.39 Å². The summed E-state index contributed by atoms with van der Waals surface area (Å²) in [5, 5.41) is 0. The Morgan fingerprint density at radius 1 is 0.867 bits per heavy atom. The summed E-state index contributed by atoms with van der Waals surface area (Å²) >= 11 is 0. The number of fused-ring (bicyclic) bond motifs is 1. The molecule has 4 rings (SSSR count). The van der Waals surface area contributed by atoms with E-state index in [1.807, 2.05) is 12.1 Å². The van der Waals surface area contributed by atoms with E-state index in [-0.39, 0.29) is 5.82 Å². The van der Waals surface area contributed by atoms with E-state index in [0.717, 1.165) is 30.8 Å². The predicted molar refractivity (Wildman–Crippen MR) is 119 cm³/mol. The van der Waals surface area contributed by atoms with Crippen molar-refractivity contribution in [1.82, 2.24) is 0 Å². The van der Waals surface area contributed by atoms with Crippen LogP contribution in [-0.4, -0.2) is 14.2 Å². The molecule has 0 heterocycles. The number of hydrogen-bond acceptors (Lipinski definition) is 2. The first-order valence-electron chi connectivity index (χ1n) is 10.7. The van der Waals surface area contributed by atoms with Gasteiger partial charge in [0.2, 0.25) is 0 Å². The second-order valence-corrected chi connectivity index (χ2v) is 8.16. The minimum Gasteiger partial charge on any atom is -0.497 e. The van der Waals surface area contributed by atoms with Gasteiger partial charge >= 0.3 is 0 Å². The molecule has 30 heavy (non-hydrogen) atoms. The number of rotatable bonds is 6.